The van der Waals surface area contributed by atoms with Gasteiger partial charge in [-0.3, -0.25) is 19.3 Å². The van der Waals surface area contributed by atoms with Crippen LogP contribution in [0.2, 0.25) is 0 Å². The molecule has 0 radical (unpaired) electrons. The molecular weight excluding hydrogens is 460 g/mol. The predicted molar refractivity (Wildman–Crippen MR) is 136 cm³/mol. The number of nitrogens with zero attached hydrogens (tertiary/aromatic N) is 1. The average molecular weight is 489 g/mol. The maximum absolute atomic E-state index is 13.2. The fourth-order valence-electron chi connectivity index (χ4n) is 4.16. The monoisotopic (exact) mass is 488 g/mol. The van der Waals surface area contributed by atoms with Crippen LogP contribution in [0, 0.1) is 0 Å². The molecule has 1 unspecified atom stereocenters. The van der Waals surface area contributed by atoms with E-state index in [1.807, 2.05) is 0 Å². The first kappa shape index (κ1) is 24.8. The summed E-state index contributed by atoms with van der Waals surface area (Å²) in [5.41, 5.74) is 1.13. The second-order valence-electron chi connectivity index (χ2n) is 8.50. The number of carbonyl (C=O) groups is 3. The Balaban J connectivity index is 1.71. The van der Waals surface area contributed by atoms with Gasteiger partial charge in [0.05, 0.1) is 18.4 Å². The third-order valence-corrected chi connectivity index (χ3v) is 5.85. The fourth-order valence-corrected chi connectivity index (χ4v) is 4.16. The maximum Gasteiger partial charge on any atom is 0.300 e. The van der Waals surface area contributed by atoms with Crippen LogP contribution in [-0.2, 0) is 14.4 Å². The number of anilines is 2. The minimum absolute atomic E-state index is 0.0866. The molecule has 1 aliphatic heterocycles. The SMILES string of the molecule is CCCCCOc1ccc(/C(O)=C2/C(=O)C(=O)N(c3cccc(NC(C)=O)c3)C2c2ccco2)cc1. The molecule has 2 N–H and O–H groups in total. The molecule has 4 rings (SSSR count). The van der Waals surface area contributed by atoms with Crippen molar-refractivity contribution >= 4 is 34.7 Å². The Hall–Kier alpha value is -4.33. The fraction of sp³-hybridized carbons (Fsp3) is 0.250. The lowest BCUT2D eigenvalue weighted by molar-refractivity contribution is -0.132. The Morgan fingerprint density at radius 3 is 2.53 bits per heavy atom. The molecule has 2 amide bonds. The molecule has 36 heavy (non-hydrogen) atoms. The highest BCUT2D eigenvalue weighted by Gasteiger charge is 2.48. The Morgan fingerprint density at radius 1 is 1.08 bits per heavy atom. The summed E-state index contributed by atoms with van der Waals surface area (Å²) in [5, 5.41) is 13.9. The van der Waals surface area contributed by atoms with Gasteiger partial charge in [-0.05, 0) is 61.0 Å². The Labute approximate surface area is 209 Å². The zero-order valence-electron chi connectivity index (χ0n) is 20.2. The molecule has 0 saturated carbocycles. The summed E-state index contributed by atoms with van der Waals surface area (Å²) < 4.78 is 11.3. The summed E-state index contributed by atoms with van der Waals surface area (Å²) in [6.07, 6.45) is 4.57. The van der Waals surface area contributed by atoms with E-state index in [1.54, 1.807) is 60.7 Å². The lowest BCUT2D eigenvalue weighted by atomic mass is 9.99. The van der Waals surface area contributed by atoms with Gasteiger partial charge >= 0.3 is 0 Å². The molecule has 8 heteroatoms. The normalized spacial score (nSPS) is 16.8. The molecule has 3 aromatic rings. The molecule has 2 aromatic carbocycles. The molecule has 1 saturated heterocycles. The molecule has 2 heterocycles. The highest BCUT2D eigenvalue weighted by molar-refractivity contribution is 6.51. The molecule has 0 spiro atoms. The van der Waals surface area contributed by atoms with E-state index in [9.17, 15) is 19.5 Å². The number of carbonyl (C=O) groups excluding carboxylic acids is 3. The summed E-state index contributed by atoms with van der Waals surface area (Å²) in [5.74, 6) is -1.26. The third kappa shape index (κ3) is 5.17. The number of ketones is 1. The Morgan fingerprint density at radius 2 is 1.86 bits per heavy atom. The number of aliphatic hydroxyl groups excluding tert-OH is 1. The highest BCUT2D eigenvalue weighted by Crippen LogP contribution is 2.42. The molecule has 1 fully saturated rings. The van der Waals surface area contributed by atoms with Crippen molar-refractivity contribution in [1.82, 2.24) is 0 Å². The second-order valence-corrected chi connectivity index (χ2v) is 8.50. The Kier molecular flexibility index (Phi) is 7.53. The minimum Gasteiger partial charge on any atom is -0.507 e. The topological polar surface area (TPSA) is 109 Å². The number of rotatable bonds is 9. The van der Waals surface area contributed by atoms with Crippen LogP contribution in [0.1, 0.15) is 50.5 Å². The van der Waals surface area contributed by atoms with Gasteiger partial charge in [-0.15, -0.1) is 0 Å². The first-order valence-electron chi connectivity index (χ1n) is 11.9. The summed E-state index contributed by atoms with van der Waals surface area (Å²) in [6, 6.07) is 15.6. The molecule has 1 aromatic heterocycles. The first-order valence-corrected chi connectivity index (χ1v) is 11.9. The van der Waals surface area contributed by atoms with Crippen molar-refractivity contribution in [3.05, 3.63) is 83.8 Å². The van der Waals surface area contributed by atoms with Crippen molar-refractivity contribution in [3.8, 4) is 5.75 Å². The van der Waals surface area contributed by atoms with Crippen LogP contribution >= 0.6 is 0 Å². The predicted octanol–water partition coefficient (Wildman–Crippen LogP) is 5.43. The van der Waals surface area contributed by atoms with Gasteiger partial charge in [-0.25, -0.2) is 0 Å². The number of amides is 2. The largest absolute Gasteiger partial charge is 0.507 e. The van der Waals surface area contributed by atoms with E-state index in [2.05, 4.69) is 12.2 Å². The smallest absolute Gasteiger partial charge is 0.300 e. The number of aliphatic hydroxyl groups is 1. The van der Waals surface area contributed by atoms with Crippen LogP contribution in [-0.4, -0.2) is 29.3 Å². The first-order chi connectivity index (χ1) is 17.4. The third-order valence-electron chi connectivity index (χ3n) is 5.85. The molecule has 1 aliphatic rings. The molecule has 0 aliphatic carbocycles. The quantitative estimate of drug-likeness (QED) is 0.180. The van der Waals surface area contributed by atoms with E-state index in [-0.39, 0.29) is 17.2 Å². The van der Waals surface area contributed by atoms with Crippen LogP contribution in [0.3, 0.4) is 0 Å². The van der Waals surface area contributed by atoms with Crippen molar-refractivity contribution in [1.29, 1.82) is 0 Å². The van der Waals surface area contributed by atoms with Gasteiger partial charge in [0.25, 0.3) is 11.7 Å². The number of benzene rings is 2. The van der Waals surface area contributed by atoms with E-state index in [0.717, 1.165) is 19.3 Å². The summed E-state index contributed by atoms with van der Waals surface area (Å²) in [6.45, 7) is 4.10. The van der Waals surface area contributed by atoms with E-state index in [1.165, 1.54) is 18.1 Å². The number of nitrogens with one attached hydrogen (secondary N) is 1. The van der Waals surface area contributed by atoms with Gasteiger partial charge in [-0.1, -0.05) is 25.8 Å². The minimum atomic E-state index is -0.988. The summed E-state index contributed by atoms with van der Waals surface area (Å²) >= 11 is 0. The lowest BCUT2D eigenvalue weighted by Gasteiger charge is -2.24. The lowest BCUT2D eigenvalue weighted by Crippen LogP contribution is -2.29. The van der Waals surface area contributed by atoms with Gasteiger partial charge in [0, 0.05) is 23.9 Å². The molecule has 8 nitrogen and oxygen atoms in total. The van der Waals surface area contributed by atoms with E-state index in [0.29, 0.717) is 35.1 Å². The average Bonchev–Trinajstić information content (AvgIpc) is 3.48. The number of hydrogen-bond donors (Lipinski definition) is 2. The van der Waals surface area contributed by atoms with Crippen LogP contribution < -0.4 is 15.0 Å². The molecule has 0 bridgehead atoms. The van der Waals surface area contributed by atoms with Crippen molar-refractivity contribution in [2.45, 2.75) is 39.2 Å². The Bertz CT molecular complexity index is 1280. The van der Waals surface area contributed by atoms with Crippen LogP contribution in [0.25, 0.3) is 5.76 Å². The van der Waals surface area contributed by atoms with Crippen molar-refractivity contribution in [2.75, 3.05) is 16.8 Å². The highest BCUT2D eigenvalue weighted by atomic mass is 16.5. The summed E-state index contributed by atoms with van der Waals surface area (Å²) in [4.78, 5) is 39.2. The summed E-state index contributed by atoms with van der Waals surface area (Å²) in [7, 11) is 0. The number of unbranched alkanes of at least 4 members (excludes halogenated alkanes) is 2. The molecule has 186 valence electrons. The molecule has 1 atom stereocenters. The molecular formula is C28H28N2O6. The van der Waals surface area contributed by atoms with Gasteiger partial charge in [0.1, 0.15) is 23.3 Å². The standard InChI is InChI=1S/C28H28N2O6/c1-3-4-5-15-35-22-13-11-19(12-14-22)26(32)24-25(23-10-7-16-36-23)30(28(34)27(24)33)21-9-6-8-20(17-21)29-18(2)31/h6-14,16-17,25,32H,3-5,15H2,1-2H3,(H,29,31)/b26-24-. The number of furan rings is 1. The van der Waals surface area contributed by atoms with Gasteiger partial charge < -0.3 is 19.6 Å². The number of hydrogen-bond acceptors (Lipinski definition) is 6. The second kappa shape index (κ2) is 10.9. The van der Waals surface area contributed by atoms with Crippen LogP contribution in [0.5, 0.6) is 5.75 Å². The van der Waals surface area contributed by atoms with E-state index >= 15 is 0 Å². The van der Waals surface area contributed by atoms with Crippen molar-refractivity contribution in [2.24, 2.45) is 0 Å². The van der Waals surface area contributed by atoms with Crippen LogP contribution in [0.15, 0.2) is 76.9 Å². The zero-order valence-corrected chi connectivity index (χ0v) is 20.2. The van der Waals surface area contributed by atoms with Gasteiger partial charge in [0.15, 0.2) is 0 Å². The number of Topliss-reactive ketones (excluding diaryl/α,β-unsaturated/α-hetero) is 1. The van der Waals surface area contributed by atoms with Gasteiger partial charge in [-0.2, -0.15) is 0 Å². The van der Waals surface area contributed by atoms with E-state index in [4.69, 9.17) is 9.15 Å². The van der Waals surface area contributed by atoms with Crippen molar-refractivity contribution < 1.29 is 28.6 Å². The number of ether oxygens (including phenoxy) is 1. The van der Waals surface area contributed by atoms with E-state index < -0.39 is 17.7 Å². The maximum atomic E-state index is 13.2. The van der Waals surface area contributed by atoms with Gasteiger partial charge in [0.2, 0.25) is 5.91 Å². The van der Waals surface area contributed by atoms with Crippen molar-refractivity contribution in [3.63, 3.8) is 0 Å². The van der Waals surface area contributed by atoms with Crippen LogP contribution in [0.4, 0.5) is 11.4 Å². The zero-order chi connectivity index (χ0) is 25.7.